The molecule has 3 unspecified atom stereocenters. The molecular weight excluding hydrogens is 767 g/mol. The second-order valence-corrected chi connectivity index (χ2v) is 18.0. The van der Waals surface area contributed by atoms with E-state index in [4.69, 9.17) is 4.74 Å². The summed E-state index contributed by atoms with van der Waals surface area (Å²) >= 11 is 0. The van der Waals surface area contributed by atoms with Crippen LogP contribution in [-0.2, 0) is 14.3 Å². The highest BCUT2D eigenvalue weighted by atomic mass is 16.5. The molecule has 360 valence electrons. The minimum Gasteiger partial charge on any atom is -0.462 e. The van der Waals surface area contributed by atoms with Crippen LogP contribution in [0.15, 0.2) is 60.8 Å². The van der Waals surface area contributed by atoms with Crippen LogP contribution in [0.4, 0.5) is 0 Å². The first-order valence-electron chi connectivity index (χ1n) is 26.6. The molecule has 0 aliphatic carbocycles. The van der Waals surface area contributed by atoms with Crippen LogP contribution in [0.5, 0.6) is 0 Å². The van der Waals surface area contributed by atoms with Crippen molar-refractivity contribution in [3.8, 4) is 0 Å². The average molecular weight is 868 g/mol. The monoisotopic (exact) mass is 868 g/mol. The summed E-state index contributed by atoms with van der Waals surface area (Å²) in [5.41, 5.74) is 0. The Balaban J connectivity index is 4.53. The fraction of sp³-hybridized carbons (Fsp3) is 0.786. The number of aliphatic hydroxyl groups is 2. The fourth-order valence-corrected chi connectivity index (χ4v) is 7.85. The fourth-order valence-electron chi connectivity index (χ4n) is 7.85. The van der Waals surface area contributed by atoms with Crippen LogP contribution in [0.25, 0.3) is 0 Å². The standard InChI is InChI=1S/C56H101NO5/c1-4-7-10-13-16-19-22-24-26-27-28-30-32-34-37-40-43-46-49-56(61)62-52(47-44-41-38-35-21-18-15-12-9-6-3)50-55(60)57-53(51-58)54(59)48-45-42-39-36-33-31-29-25-23-20-17-14-11-8-5-2/h16,18-19,21-22,24,26-28,30,52-54,58-59H,4-15,17,20,23,25,29,31-51H2,1-3H3,(H,57,60)/b19-16+,21-18-,24-22+,27-26+,30-28+. The molecule has 0 aliphatic rings. The van der Waals surface area contributed by atoms with Crippen LogP contribution in [0.3, 0.4) is 0 Å². The number of hydrogen-bond donors (Lipinski definition) is 3. The Labute approximate surface area is 384 Å². The maximum absolute atomic E-state index is 13.2. The van der Waals surface area contributed by atoms with Crippen LogP contribution in [0.1, 0.15) is 258 Å². The summed E-state index contributed by atoms with van der Waals surface area (Å²) in [5.74, 6) is -0.515. The number of carbonyl (C=O) groups is 2. The second-order valence-electron chi connectivity index (χ2n) is 18.0. The Morgan fingerprint density at radius 3 is 1.34 bits per heavy atom. The highest BCUT2D eigenvalue weighted by Crippen LogP contribution is 2.17. The third-order valence-electron chi connectivity index (χ3n) is 11.9. The number of aliphatic hydroxyl groups excluding tert-OH is 2. The van der Waals surface area contributed by atoms with Gasteiger partial charge in [-0.1, -0.05) is 229 Å². The van der Waals surface area contributed by atoms with Gasteiger partial charge in [-0.25, -0.2) is 0 Å². The molecule has 6 heteroatoms. The predicted molar refractivity (Wildman–Crippen MR) is 268 cm³/mol. The maximum Gasteiger partial charge on any atom is 0.306 e. The van der Waals surface area contributed by atoms with E-state index in [0.29, 0.717) is 19.3 Å². The number of rotatable bonds is 47. The SMILES string of the molecule is CCCCC/C=C\CCCCCC(CC(=O)NC(CO)C(O)CCCCCCCCCCCCCCCCC)OC(=O)CCCCCCC/C=C/C=C/C=C/C=C/CCCCC. The zero-order valence-electron chi connectivity index (χ0n) is 41.0. The number of carbonyl (C=O) groups excluding carboxylic acids is 2. The van der Waals surface area contributed by atoms with Crippen molar-refractivity contribution in [1.29, 1.82) is 0 Å². The van der Waals surface area contributed by atoms with Gasteiger partial charge >= 0.3 is 5.97 Å². The molecule has 0 aliphatic heterocycles. The lowest BCUT2D eigenvalue weighted by atomic mass is 10.0. The van der Waals surface area contributed by atoms with E-state index in [1.165, 1.54) is 116 Å². The molecule has 0 bridgehead atoms. The topological polar surface area (TPSA) is 95.9 Å². The summed E-state index contributed by atoms with van der Waals surface area (Å²) in [4.78, 5) is 26.1. The largest absolute Gasteiger partial charge is 0.462 e. The quantitative estimate of drug-likeness (QED) is 0.0245. The van der Waals surface area contributed by atoms with Gasteiger partial charge in [0.25, 0.3) is 0 Å². The van der Waals surface area contributed by atoms with Crippen LogP contribution in [0.2, 0.25) is 0 Å². The number of nitrogens with one attached hydrogen (secondary N) is 1. The van der Waals surface area contributed by atoms with Crippen LogP contribution < -0.4 is 5.32 Å². The lowest BCUT2D eigenvalue weighted by molar-refractivity contribution is -0.151. The highest BCUT2D eigenvalue weighted by Gasteiger charge is 2.24. The molecule has 0 aromatic carbocycles. The molecule has 0 radical (unpaired) electrons. The molecule has 3 atom stereocenters. The van der Waals surface area contributed by atoms with Crippen molar-refractivity contribution < 1.29 is 24.5 Å². The van der Waals surface area contributed by atoms with Crippen molar-refractivity contribution in [2.24, 2.45) is 0 Å². The van der Waals surface area contributed by atoms with E-state index in [1.807, 2.05) is 0 Å². The Kier molecular flexibility index (Phi) is 47.6. The van der Waals surface area contributed by atoms with E-state index >= 15 is 0 Å². The second kappa shape index (κ2) is 49.6. The van der Waals surface area contributed by atoms with E-state index < -0.39 is 18.2 Å². The van der Waals surface area contributed by atoms with Crippen molar-refractivity contribution >= 4 is 11.9 Å². The normalized spacial score (nSPS) is 13.7. The van der Waals surface area contributed by atoms with Crippen molar-refractivity contribution in [2.75, 3.05) is 6.61 Å². The number of esters is 1. The van der Waals surface area contributed by atoms with Gasteiger partial charge < -0.3 is 20.3 Å². The molecule has 0 saturated carbocycles. The lowest BCUT2D eigenvalue weighted by Gasteiger charge is -2.24. The summed E-state index contributed by atoms with van der Waals surface area (Å²) in [6, 6.07) is -0.712. The first kappa shape index (κ1) is 59.6. The molecular formula is C56H101NO5. The van der Waals surface area contributed by atoms with Crippen LogP contribution >= 0.6 is 0 Å². The van der Waals surface area contributed by atoms with Crippen molar-refractivity contribution in [1.82, 2.24) is 5.32 Å². The highest BCUT2D eigenvalue weighted by molar-refractivity contribution is 5.77. The molecule has 1 amide bonds. The summed E-state index contributed by atoms with van der Waals surface area (Å²) in [6.07, 6.45) is 61.3. The minimum atomic E-state index is -0.797. The van der Waals surface area contributed by atoms with Gasteiger partial charge in [-0.2, -0.15) is 0 Å². The van der Waals surface area contributed by atoms with Crippen molar-refractivity contribution in [3.05, 3.63) is 60.8 Å². The Morgan fingerprint density at radius 1 is 0.468 bits per heavy atom. The number of unbranched alkanes of at least 4 members (excludes halogenated alkanes) is 28. The smallest absolute Gasteiger partial charge is 0.306 e. The van der Waals surface area contributed by atoms with E-state index in [-0.39, 0.29) is 24.9 Å². The number of amides is 1. The van der Waals surface area contributed by atoms with Gasteiger partial charge in [0.1, 0.15) is 6.10 Å². The number of allylic oxidation sites excluding steroid dienone is 10. The Hall–Kier alpha value is -2.44. The van der Waals surface area contributed by atoms with Gasteiger partial charge in [-0.05, 0) is 77.0 Å². The third kappa shape index (κ3) is 44.2. The minimum absolute atomic E-state index is 0.0560. The summed E-state index contributed by atoms with van der Waals surface area (Å²) in [5, 5.41) is 23.8. The molecule has 6 nitrogen and oxygen atoms in total. The van der Waals surface area contributed by atoms with Crippen molar-refractivity contribution in [2.45, 2.75) is 277 Å². The van der Waals surface area contributed by atoms with Gasteiger partial charge in [0.15, 0.2) is 0 Å². The molecule has 0 fully saturated rings. The third-order valence-corrected chi connectivity index (χ3v) is 11.9. The van der Waals surface area contributed by atoms with E-state index in [1.54, 1.807) is 0 Å². The molecule has 0 rings (SSSR count). The lowest BCUT2D eigenvalue weighted by Crippen LogP contribution is -2.46. The van der Waals surface area contributed by atoms with E-state index in [0.717, 1.165) is 96.3 Å². The molecule has 0 aromatic rings. The summed E-state index contributed by atoms with van der Waals surface area (Å²) in [6.45, 7) is 6.42. The van der Waals surface area contributed by atoms with Gasteiger partial charge in [-0.3, -0.25) is 9.59 Å². The Morgan fingerprint density at radius 2 is 0.839 bits per heavy atom. The number of ether oxygens (including phenoxy) is 1. The molecule has 0 spiro atoms. The van der Waals surface area contributed by atoms with E-state index in [2.05, 4.69) is 86.8 Å². The average Bonchev–Trinajstić information content (AvgIpc) is 3.26. The summed E-state index contributed by atoms with van der Waals surface area (Å²) < 4.78 is 5.91. The van der Waals surface area contributed by atoms with Crippen LogP contribution in [-0.4, -0.2) is 46.9 Å². The first-order valence-corrected chi connectivity index (χ1v) is 26.6. The maximum atomic E-state index is 13.2. The summed E-state index contributed by atoms with van der Waals surface area (Å²) in [7, 11) is 0. The predicted octanol–water partition coefficient (Wildman–Crippen LogP) is 16.0. The molecule has 62 heavy (non-hydrogen) atoms. The Bertz CT molecular complexity index is 1110. The van der Waals surface area contributed by atoms with Crippen molar-refractivity contribution in [3.63, 3.8) is 0 Å². The molecule has 0 heterocycles. The molecule has 0 saturated heterocycles. The zero-order chi connectivity index (χ0) is 45.2. The molecule has 0 aromatic heterocycles. The molecule has 3 N–H and O–H groups in total. The van der Waals surface area contributed by atoms with Gasteiger partial charge in [0.05, 0.1) is 25.2 Å². The van der Waals surface area contributed by atoms with Gasteiger partial charge in [0.2, 0.25) is 5.91 Å². The zero-order valence-corrected chi connectivity index (χ0v) is 41.0. The van der Waals surface area contributed by atoms with E-state index in [9.17, 15) is 19.8 Å². The van der Waals surface area contributed by atoms with Crippen LogP contribution in [0, 0.1) is 0 Å². The van der Waals surface area contributed by atoms with Gasteiger partial charge in [-0.15, -0.1) is 0 Å². The number of hydrogen-bond acceptors (Lipinski definition) is 5. The first-order chi connectivity index (χ1) is 30.5. The van der Waals surface area contributed by atoms with Gasteiger partial charge in [0, 0.05) is 6.42 Å².